The van der Waals surface area contributed by atoms with E-state index in [0.29, 0.717) is 6.54 Å². The van der Waals surface area contributed by atoms with Crippen molar-refractivity contribution in [2.75, 3.05) is 6.54 Å². The number of ether oxygens (including phenoxy) is 1. The molecule has 0 unspecified atom stereocenters. The molecule has 0 aromatic heterocycles. The molecule has 0 aromatic rings. The Hall–Kier alpha value is -1.03. The number of rotatable bonds is 4. The fraction of sp³-hybridized carbons (Fsp3) is 0.700. The molecule has 4 heteroatoms. The van der Waals surface area contributed by atoms with Gasteiger partial charge in [-0.1, -0.05) is 6.08 Å². The lowest BCUT2D eigenvalue weighted by molar-refractivity contribution is 0.0246. The van der Waals surface area contributed by atoms with Gasteiger partial charge in [-0.3, -0.25) is 0 Å². The summed E-state index contributed by atoms with van der Waals surface area (Å²) in [6.07, 6.45) is 2.96. The van der Waals surface area contributed by atoms with E-state index in [0.717, 1.165) is 17.9 Å². The highest BCUT2D eigenvalue weighted by Crippen LogP contribution is 2.08. The molecule has 4 nitrogen and oxygen atoms in total. The highest BCUT2D eigenvalue weighted by atomic mass is 16.6. The van der Waals surface area contributed by atoms with Crippen LogP contribution in [0.2, 0.25) is 0 Å². The average molecular weight is 200 g/mol. The highest BCUT2D eigenvalue weighted by Gasteiger charge is 2.19. The van der Waals surface area contributed by atoms with Gasteiger partial charge in [0.15, 0.2) is 0 Å². The summed E-state index contributed by atoms with van der Waals surface area (Å²) in [5.74, 6) is 5.49. The largest absolute Gasteiger partial charge is 0.443 e. The normalized spacial score (nSPS) is 10.9. The van der Waals surface area contributed by atoms with Gasteiger partial charge in [-0.2, -0.15) is 0 Å². The first-order valence-corrected chi connectivity index (χ1v) is 4.73. The van der Waals surface area contributed by atoms with Crippen molar-refractivity contribution in [3.05, 3.63) is 12.7 Å². The summed E-state index contributed by atoms with van der Waals surface area (Å²) in [7, 11) is 0. The predicted molar refractivity (Wildman–Crippen MR) is 56.6 cm³/mol. The maximum absolute atomic E-state index is 11.3. The third-order valence-corrected chi connectivity index (χ3v) is 1.44. The molecule has 0 bridgehead atoms. The highest BCUT2D eigenvalue weighted by molar-refractivity contribution is 5.67. The van der Waals surface area contributed by atoms with Crippen LogP contribution in [-0.4, -0.2) is 23.2 Å². The Morgan fingerprint density at radius 3 is 2.57 bits per heavy atom. The second-order valence-electron chi connectivity index (χ2n) is 4.10. The van der Waals surface area contributed by atoms with Crippen molar-refractivity contribution in [2.45, 2.75) is 39.2 Å². The molecule has 0 aliphatic rings. The van der Waals surface area contributed by atoms with Crippen LogP contribution < -0.4 is 5.84 Å². The van der Waals surface area contributed by atoms with Crippen LogP contribution in [0.15, 0.2) is 12.7 Å². The van der Waals surface area contributed by atoms with E-state index in [2.05, 4.69) is 6.58 Å². The molecule has 0 atom stereocenters. The standard InChI is InChI=1S/C10H20N2O2/c1-5-6-7-8-12(11)9(13)14-10(2,3)4/h5H,1,6-8,11H2,2-4H3. The van der Waals surface area contributed by atoms with Gasteiger partial charge in [-0.05, 0) is 33.6 Å². The Morgan fingerprint density at radius 2 is 2.14 bits per heavy atom. The molecule has 0 rings (SSSR count). The number of carbonyl (C=O) groups is 1. The zero-order chi connectivity index (χ0) is 11.2. The Labute approximate surface area is 85.7 Å². The van der Waals surface area contributed by atoms with E-state index >= 15 is 0 Å². The topological polar surface area (TPSA) is 55.6 Å². The van der Waals surface area contributed by atoms with Crippen molar-refractivity contribution in [1.82, 2.24) is 5.01 Å². The van der Waals surface area contributed by atoms with Gasteiger partial charge < -0.3 is 4.74 Å². The number of allylic oxidation sites excluding steroid dienone is 1. The Kier molecular flexibility index (Phi) is 5.23. The third kappa shape index (κ3) is 6.48. The van der Waals surface area contributed by atoms with Crippen molar-refractivity contribution in [3.8, 4) is 0 Å². The zero-order valence-electron chi connectivity index (χ0n) is 9.25. The molecule has 0 heterocycles. The van der Waals surface area contributed by atoms with Gasteiger partial charge in [-0.15, -0.1) is 6.58 Å². The van der Waals surface area contributed by atoms with Gasteiger partial charge in [0.2, 0.25) is 0 Å². The third-order valence-electron chi connectivity index (χ3n) is 1.44. The van der Waals surface area contributed by atoms with Gasteiger partial charge in [0, 0.05) is 6.54 Å². The summed E-state index contributed by atoms with van der Waals surface area (Å²) < 4.78 is 5.07. The second kappa shape index (κ2) is 5.65. The number of carbonyl (C=O) groups excluding carboxylic acids is 1. The summed E-state index contributed by atoms with van der Waals surface area (Å²) in [5.41, 5.74) is -0.493. The van der Waals surface area contributed by atoms with E-state index in [9.17, 15) is 4.79 Å². The number of hydrazine groups is 1. The summed E-state index contributed by atoms with van der Waals surface area (Å²) in [5, 5.41) is 1.09. The molecular formula is C10H20N2O2. The van der Waals surface area contributed by atoms with Crippen molar-refractivity contribution in [3.63, 3.8) is 0 Å². The van der Waals surface area contributed by atoms with Gasteiger partial charge in [0.05, 0.1) is 0 Å². The quantitative estimate of drug-likeness (QED) is 0.248. The molecule has 1 amide bonds. The fourth-order valence-corrected chi connectivity index (χ4v) is 0.818. The molecule has 0 aromatic carbocycles. The number of hydrogen-bond acceptors (Lipinski definition) is 3. The van der Waals surface area contributed by atoms with Gasteiger partial charge in [-0.25, -0.2) is 15.6 Å². The maximum Gasteiger partial charge on any atom is 0.424 e. The molecule has 0 aliphatic heterocycles. The minimum absolute atomic E-state index is 0.485. The molecule has 2 N–H and O–H groups in total. The van der Waals surface area contributed by atoms with Crippen LogP contribution in [0, 0.1) is 0 Å². The van der Waals surface area contributed by atoms with E-state index < -0.39 is 11.7 Å². The van der Waals surface area contributed by atoms with E-state index in [1.54, 1.807) is 6.08 Å². The van der Waals surface area contributed by atoms with Crippen molar-refractivity contribution >= 4 is 6.09 Å². The average Bonchev–Trinajstić information content (AvgIpc) is 2.01. The minimum Gasteiger partial charge on any atom is -0.443 e. The first-order chi connectivity index (χ1) is 6.37. The molecule has 0 saturated carbocycles. The first kappa shape index (κ1) is 13.0. The monoisotopic (exact) mass is 200 g/mol. The molecule has 14 heavy (non-hydrogen) atoms. The lowest BCUT2D eigenvalue weighted by Gasteiger charge is -2.24. The van der Waals surface area contributed by atoms with Crippen molar-refractivity contribution in [2.24, 2.45) is 5.84 Å². The van der Waals surface area contributed by atoms with Crippen LogP contribution in [0.1, 0.15) is 33.6 Å². The minimum atomic E-state index is -0.493. The molecular weight excluding hydrogens is 180 g/mol. The summed E-state index contributed by atoms with van der Waals surface area (Å²) in [4.78, 5) is 11.3. The fourth-order valence-electron chi connectivity index (χ4n) is 0.818. The Balaban J connectivity index is 3.82. The lowest BCUT2D eigenvalue weighted by Crippen LogP contribution is -2.41. The van der Waals surface area contributed by atoms with Gasteiger partial charge in [0.25, 0.3) is 0 Å². The number of unbranched alkanes of at least 4 members (excludes halogenated alkanes) is 1. The van der Waals surface area contributed by atoms with Crippen LogP contribution >= 0.6 is 0 Å². The Bertz CT molecular complexity index is 197. The zero-order valence-corrected chi connectivity index (χ0v) is 9.25. The predicted octanol–water partition coefficient (Wildman–Crippen LogP) is 2.06. The smallest absolute Gasteiger partial charge is 0.424 e. The van der Waals surface area contributed by atoms with Crippen LogP contribution in [0.4, 0.5) is 4.79 Å². The van der Waals surface area contributed by atoms with Crippen LogP contribution in [-0.2, 0) is 4.74 Å². The summed E-state index contributed by atoms with van der Waals surface area (Å²) in [6.45, 7) is 9.50. The van der Waals surface area contributed by atoms with Crippen molar-refractivity contribution in [1.29, 1.82) is 0 Å². The molecule has 0 saturated heterocycles. The molecule has 0 fully saturated rings. The summed E-state index contributed by atoms with van der Waals surface area (Å²) in [6, 6.07) is 0. The second-order valence-corrected chi connectivity index (χ2v) is 4.10. The summed E-state index contributed by atoms with van der Waals surface area (Å²) >= 11 is 0. The van der Waals surface area contributed by atoms with E-state index in [1.807, 2.05) is 20.8 Å². The van der Waals surface area contributed by atoms with Crippen LogP contribution in [0.3, 0.4) is 0 Å². The van der Waals surface area contributed by atoms with E-state index in [1.165, 1.54) is 0 Å². The first-order valence-electron chi connectivity index (χ1n) is 4.73. The molecule has 0 aliphatic carbocycles. The Morgan fingerprint density at radius 1 is 1.57 bits per heavy atom. The number of nitrogens with two attached hydrogens (primary N) is 1. The van der Waals surface area contributed by atoms with E-state index in [4.69, 9.17) is 10.6 Å². The van der Waals surface area contributed by atoms with E-state index in [-0.39, 0.29) is 0 Å². The molecule has 0 spiro atoms. The van der Waals surface area contributed by atoms with Gasteiger partial charge >= 0.3 is 6.09 Å². The number of nitrogens with zero attached hydrogens (tertiary/aromatic N) is 1. The molecule has 82 valence electrons. The van der Waals surface area contributed by atoms with Gasteiger partial charge in [0.1, 0.15) is 5.60 Å². The maximum atomic E-state index is 11.3. The lowest BCUT2D eigenvalue weighted by atomic mass is 10.2. The van der Waals surface area contributed by atoms with Crippen LogP contribution in [0.5, 0.6) is 0 Å². The SMILES string of the molecule is C=CCCCN(N)C(=O)OC(C)(C)C. The molecule has 0 radical (unpaired) electrons. The number of hydrogen-bond donors (Lipinski definition) is 1. The van der Waals surface area contributed by atoms with Crippen LogP contribution in [0.25, 0.3) is 0 Å². The number of amides is 1. The van der Waals surface area contributed by atoms with Crippen molar-refractivity contribution < 1.29 is 9.53 Å².